The van der Waals surface area contributed by atoms with E-state index in [2.05, 4.69) is 10.1 Å². The minimum Gasteiger partial charge on any atom is -0.466 e. The van der Waals surface area contributed by atoms with E-state index in [4.69, 9.17) is 0 Å². The number of nitrogens with one attached hydrogen (secondary N) is 1. The number of carbonyl (C=O) groups excluding carboxylic acids is 2. The number of carbonyl (C=O) groups is 2. The molecule has 66 valence electrons. The summed E-state index contributed by atoms with van der Waals surface area (Å²) in [4.78, 5) is 21.0. The first-order chi connectivity index (χ1) is 5.72. The third-order valence-corrected chi connectivity index (χ3v) is 2.25. The van der Waals surface area contributed by atoms with E-state index >= 15 is 0 Å². The number of ether oxygens (including phenoxy) is 1. The maximum absolute atomic E-state index is 10.6. The second kappa shape index (κ2) is 4.15. The van der Waals surface area contributed by atoms with Crippen LogP contribution in [0.3, 0.4) is 0 Å². The van der Waals surface area contributed by atoms with Crippen molar-refractivity contribution < 1.29 is 14.3 Å². The van der Waals surface area contributed by atoms with Gasteiger partial charge in [0.2, 0.25) is 5.91 Å². The second-order valence-electron chi connectivity index (χ2n) is 2.22. The van der Waals surface area contributed by atoms with Crippen LogP contribution in [0.5, 0.6) is 0 Å². The van der Waals surface area contributed by atoms with Gasteiger partial charge in [0.1, 0.15) is 0 Å². The standard InChI is InChI=1S/C7H9NO3S/c1-11-7(10)2-3-12-6-4-5(9)8-6/h2-3,6H,4H2,1H3,(H,8,9)/b3-2+/t6-/m1/s1. The van der Waals surface area contributed by atoms with E-state index in [0.717, 1.165) is 0 Å². The Labute approximate surface area is 74.3 Å². The molecule has 0 aliphatic carbocycles. The predicted molar refractivity (Wildman–Crippen MR) is 45.3 cm³/mol. The summed E-state index contributed by atoms with van der Waals surface area (Å²) in [6.45, 7) is 0. The summed E-state index contributed by atoms with van der Waals surface area (Å²) in [7, 11) is 1.32. The maximum Gasteiger partial charge on any atom is 0.330 e. The molecule has 5 heteroatoms. The van der Waals surface area contributed by atoms with Crippen LogP contribution >= 0.6 is 11.8 Å². The van der Waals surface area contributed by atoms with Crippen LogP contribution in [0.4, 0.5) is 0 Å². The van der Waals surface area contributed by atoms with Gasteiger partial charge in [-0.2, -0.15) is 0 Å². The number of esters is 1. The monoisotopic (exact) mass is 187 g/mol. The fourth-order valence-corrected chi connectivity index (χ4v) is 1.49. The average molecular weight is 187 g/mol. The number of methoxy groups -OCH3 is 1. The van der Waals surface area contributed by atoms with E-state index in [-0.39, 0.29) is 17.3 Å². The maximum atomic E-state index is 10.6. The van der Waals surface area contributed by atoms with E-state index < -0.39 is 0 Å². The Morgan fingerprint density at radius 2 is 2.50 bits per heavy atom. The van der Waals surface area contributed by atoms with Crippen molar-refractivity contribution in [2.75, 3.05) is 7.11 Å². The van der Waals surface area contributed by atoms with E-state index in [1.54, 1.807) is 5.41 Å². The molecule has 12 heavy (non-hydrogen) atoms. The first-order valence-corrected chi connectivity index (χ1v) is 4.36. The fraction of sp³-hybridized carbons (Fsp3) is 0.429. The Hall–Kier alpha value is -0.970. The van der Waals surface area contributed by atoms with Crippen molar-refractivity contribution in [1.29, 1.82) is 0 Å². The SMILES string of the molecule is COC(=O)/C=C/S[C@@H]1CC(=O)N1. The third-order valence-electron chi connectivity index (χ3n) is 1.34. The summed E-state index contributed by atoms with van der Waals surface area (Å²) >= 11 is 1.40. The molecular formula is C7H9NO3S. The lowest BCUT2D eigenvalue weighted by molar-refractivity contribution is -0.134. The van der Waals surface area contributed by atoms with Gasteiger partial charge in [0.15, 0.2) is 0 Å². The first kappa shape index (κ1) is 9.12. The number of hydrogen-bond donors (Lipinski definition) is 1. The van der Waals surface area contributed by atoms with E-state index in [1.165, 1.54) is 24.9 Å². The summed E-state index contributed by atoms with van der Waals surface area (Å²) in [5.41, 5.74) is 0. The molecule has 0 aromatic rings. The van der Waals surface area contributed by atoms with Crippen LogP contribution in [-0.2, 0) is 14.3 Å². The van der Waals surface area contributed by atoms with E-state index in [9.17, 15) is 9.59 Å². The lowest BCUT2D eigenvalue weighted by Crippen LogP contribution is -2.45. The molecule has 4 nitrogen and oxygen atoms in total. The molecule has 1 atom stereocenters. The van der Waals surface area contributed by atoms with Gasteiger partial charge in [-0.15, -0.1) is 11.8 Å². The Balaban J connectivity index is 2.13. The zero-order valence-electron chi connectivity index (χ0n) is 6.57. The van der Waals surface area contributed by atoms with Crippen LogP contribution in [0.2, 0.25) is 0 Å². The van der Waals surface area contributed by atoms with Crippen LogP contribution in [0, 0.1) is 0 Å². The van der Waals surface area contributed by atoms with Gasteiger partial charge in [0.25, 0.3) is 0 Å². The van der Waals surface area contributed by atoms with Gasteiger partial charge in [0.05, 0.1) is 18.9 Å². The molecule has 0 bridgehead atoms. The van der Waals surface area contributed by atoms with Crippen molar-refractivity contribution >= 4 is 23.6 Å². The van der Waals surface area contributed by atoms with Crippen molar-refractivity contribution in [3.8, 4) is 0 Å². The van der Waals surface area contributed by atoms with Gasteiger partial charge in [-0.25, -0.2) is 4.79 Å². The molecule has 0 spiro atoms. The molecule has 0 aromatic carbocycles. The Bertz CT molecular complexity index is 219. The summed E-state index contributed by atoms with van der Waals surface area (Å²) in [6, 6.07) is 0. The minimum atomic E-state index is -0.381. The normalized spacial score (nSPS) is 21.8. The lowest BCUT2D eigenvalue weighted by atomic mass is 10.3. The predicted octanol–water partition coefficient (Wildman–Crippen LogP) is 0.252. The van der Waals surface area contributed by atoms with Gasteiger partial charge < -0.3 is 10.1 Å². The number of β-lactam (4-membered cyclic amide) rings is 1. The van der Waals surface area contributed by atoms with Crippen LogP contribution in [0.15, 0.2) is 11.5 Å². The minimum absolute atomic E-state index is 0.0546. The molecule has 0 saturated carbocycles. The van der Waals surface area contributed by atoms with Gasteiger partial charge in [-0.05, 0) is 5.41 Å². The summed E-state index contributed by atoms with van der Waals surface area (Å²) in [5.74, 6) is -0.327. The first-order valence-electron chi connectivity index (χ1n) is 3.41. The fourth-order valence-electron chi connectivity index (χ4n) is 0.667. The molecule has 1 rings (SSSR count). The van der Waals surface area contributed by atoms with E-state index in [1.807, 2.05) is 0 Å². The zero-order chi connectivity index (χ0) is 8.97. The molecule has 1 aliphatic rings. The lowest BCUT2D eigenvalue weighted by Gasteiger charge is -2.24. The molecule has 0 radical (unpaired) electrons. The number of thioether (sulfide) groups is 1. The summed E-state index contributed by atoms with van der Waals surface area (Å²) in [6.07, 6.45) is 1.85. The highest BCUT2D eigenvalue weighted by Crippen LogP contribution is 2.19. The third kappa shape index (κ3) is 2.58. The van der Waals surface area contributed by atoms with Crippen LogP contribution < -0.4 is 5.32 Å². The van der Waals surface area contributed by atoms with Gasteiger partial charge in [-0.1, -0.05) is 0 Å². The molecular weight excluding hydrogens is 178 g/mol. The topological polar surface area (TPSA) is 55.4 Å². The zero-order valence-corrected chi connectivity index (χ0v) is 7.39. The van der Waals surface area contributed by atoms with Crippen molar-refractivity contribution in [2.45, 2.75) is 11.8 Å². The molecule has 0 aromatic heterocycles. The molecule has 1 heterocycles. The number of amides is 1. The molecule has 1 N–H and O–H groups in total. The number of rotatable bonds is 3. The highest BCUT2D eigenvalue weighted by Gasteiger charge is 2.24. The van der Waals surface area contributed by atoms with Gasteiger partial charge in [-0.3, -0.25) is 4.79 Å². The van der Waals surface area contributed by atoms with Crippen LogP contribution in [-0.4, -0.2) is 24.4 Å². The highest BCUT2D eigenvalue weighted by atomic mass is 32.2. The van der Waals surface area contributed by atoms with Gasteiger partial charge >= 0.3 is 5.97 Å². The van der Waals surface area contributed by atoms with Crippen molar-refractivity contribution in [1.82, 2.24) is 5.32 Å². The molecule has 1 fully saturated rings. The quantitative estimate of drug-likeness (QED) is 0.391. The molecule has 1 aliphatic heterocycles. The smallest absolute Gasteiger partial charge is 0.330 e. The Morgan fingerprint density at radius 3 is 3.00 bits per heavy atom. The highest BCUT2D eigenvalue weighted by molar-refractivity contribution is 8.02. The Morgan fingerprint density at radius 1 is 1.83 bits per heavy atom. The Kier molecular flexibility index (Phi) is 3.16. The summed E-state index contributed by atoms with van der Waals surface area (Å²) in [5, 5.41) is 4.40. The van der Waals surface area contributed by atoms with Crippen molar-refractivity contribution in [3.63, 3.8) is 0 Å². The van der Waals surface area contributed by atoms with Crippen molar-refractivity contribution in [3.05, 3.63) is 11.5 Å². The van der Waals surface area contributed by atoms with Crippen LogP contribution in [0.1, 0.15) is 6.42 Å². The van der Waals surface area contributed by atoms with Crippen LogP contribution in [0.25, 0.3) is 0 Å². The number of hydrogen-bond acceptors (Lipinski definition) is 4. The summed E-state index contributed by atoms with van der Waals surface area (Å²) < 4.78 is 4.38. The molecule has 0 unspecified atom stereocenters. The second-order valence-corrected chi connectivity index (χ2v) is 3.34. The van der Waals surface area contributed by atoms with Crippen molar-refractivity contribution in [2.24, 2.45) is 0 Å². The average Bonchev–Trinajstić information content (AvgIpc) is 2.01. The largest absolute Gasteiger partial charge is 0.466 e. The molecule has 1 amide bonds. The van der Waals surface area contributed by atoms with E-state index in [0.29, 0.717) is 6.42 Å². The molecule has 1 saturated heterocycles. The van der Waals surface area contributed by atoms with Gasteiger partial charge in [0, 0.05) is 6.08 Å².